The average Bonchev–Trinajstić information content (AvgIpc) is 3.49. The summed E-state index contributed by atoms with van der Waals surface area (Å²) in [6, 6.07) is 3.53. The minimum absolute atomic E-state index is 0.138. The fraction of sp³-hybridized carbons (Fsp3) is 0.545. The van der Waals surface area contributed by atoms with Crippen molar-refractivity contribution in [1.82, 2.24) is 0 Å². The van der Waals surface area contributed by atoms with Crippen LogP contribution in [0, 0.1) is 0 Å². The Labute approximate surface area is 165 Å². The molecule has 0 bridgehead atoms. The Bertz CT molecular complexity index is 735. The molecule has 1 aromatic rings. The minimum Gasteiger partial charge on any atom is -0.496 e. The number of rotatable bonds is 4. The number of methoxy groups -OCH3 is 1. The quantitative estimate of drug-likeness (QED) is 0.574. The van der Waals surface area contributed by atoms with E-state index in [0.717, 1.165) is 19.3 Å². The van der Waals surface area contributed by atoms with Crippen LogP contribution in [0.3, 0.4) is 0 Å². The molecule has 1 saturated heterocycles. The maximum Gasteiger partial charge on any atom is 0.342 e. The molecule has 0 amide bonds. The fourth-order valence-electron chi connectivity index (χ4n) is 3.20. The van der Waals surface area contributed by atoms with E-state index in [1.165, 1.54) is 7.11 Å². The van der Waals surface area contributed by atoms with E-state index >= 15 is 0 Å². The average molecular weight is 388 g/mol. The Balaban J connectivity index is 1.89. The summed E-state index contributed by atoms with van der Waals surface area (Å²) in [4.78, 5) is 24.8. The summed E-state index contributed by atoms with van der Waals surface area (Å²) in [5.41, 5.74) is 1.08. The molecule has 1 fully saturated rings. The van der Waals surface area contributed by atoms with Crippen LogP contribution in [0.15, 0.2) is 18.2 Å². The van der Waals surface area contributed by atoms with E-state index < -0.39 is 5.97 Å². The first-order valence-electron chi connectivity index (χ1n) is 9.92. The molecule has 0 aliphatic carbocycles. The number of benzene rings is 1. The van der Waals surface area contributed by atoms with Gasteiger partial charge in [-0.15, -0.1) is 0 Å². The topological polar surface area (TPSA) is 74.4 Å². The molecule has 2 atom stereocenters. The minimum atomic E-state index is -0.426. The van der Waals surface area contributed by atoms with Gasteiger partial charge in [0.05, 0.1) is 19.8 Å². The van der Waals surface area contributed by atoms with Gasteiger partial charge in [0.1, 0.15) is 35.6 Å². The van der Waals surface area contributed by atoms with Crippen LogP contribution in [0.1, 0.15) is 61.4 Å². The van der Waals surface area contributed by atoms with Crippen LogP contribution in [-0.2, 0) is 14.3 Å². The van der Waals surface area contributed by atoms with Crippen molar-refractivity contribution < 1.29 is 28.5 Å². The van der Waals surface area contributed by atoms with Crippen LogP contribution in [0.25, 0.3) is 6.08 Å². The molecule has 28 heavy (non-hydrogen) atoms. The van der Waals surface area contributed by atoms with Gasteiger partial charge in [0.15, 0.2) is 0 Å². The number of esters is 1. The molecule has 2 heterocycles. The molecular weight excluding hydrogens is 360 g/mol. The Hall–Kier alpha value is -2.34. The van der Waals surface area contributed by atoms with Crippen molar-refractivity contribution in [3.05, 3.63) is 29.3 Å². The number of fused-ring (bicyclic) bond motifs is 1. The van der Waals surface area contributed by atoms with Crippen LogP contribution >= 0.6 is 0 Å². The molecular formula is C22H28O6. The van der Waals surface area contributed by atoms with Crippen LogP contribution in [0.5, 0.6) is 11.5 Å². The number of ketones is 1. The Morgan fingerprint density at radius 2 is 1.96 bits per heavy atom. The number of cyclic esters (lactones) is 1. The van der Waals surface area contributed by atoms with E-state index in [2.05, 4.69) is 0 Å². The van der Waals surface area contributed by atoms with Crippen LogP contribution < -0.4 is 9.47 Å². The molecule has 2 aliphatic heterocycles. The maximum atomic E-state index is 12.9. The summed E-state index contributed by atoms with van der Waals surface area (Å²) in [5, 5.41) is 0. The molecule has 0 unspecified atom stereocenters. The molecule has 3 rings (SSSR count). The highest BCUT2D eigenvalue weighted by Crippen LogP contribution is 2.32. The molecule has 6 heteroatoms. The summed E-state index contributed by atoms with van der Waals surface area (Å²) in [7, 11) is 1.53. The van der Waals surface area contributed by atoms with Crippen molar-refractivity contribution in [3.8, 4) is 11.5 Å². The van der Waals surface area contributed by atoms with E-state index in [1.807, 2.05) is 25.1 Å². The highest BCUT2D eigenvalue weighted by Gasteiger charge is 2.25. The predicted octanol–water partition coefficient (Wildman–Crippen LogP) is 3.95. The zero-order valence-corrected chi connectivity index (χ0v) is 16.6. The van der Waals surface area contributed by atoms with Crippen LogP contribution in [-0.4, -0.2) is 44.3 Å². The lowest BCUT2D eigenvalue weighted by Gasteiger charge is -2.18. The van der Waals surface area contributed by atoms with Crippen molar-refractivity contribution >= 4 is 17.8 Å². The largest absolute Gasteiger partial charge is 0.496 e. The molecule has 0 saturated carbocycles. The summed E-state index contributed by atoms with van der Waals surface area (Å²) < 4.78 is 22.1. The SMILES string of the molecule is COc1cc(OC[C@H]2CO2)cc2c1C(=O)O[C@@H](C)CCCC(=O)CCC/C=C/2. The third-order valence-corrected chi connectivity index (χ3v) is 4.87. The van der Waals surface area contributed by atoms with Gasteiger partial charge in [0, 0.05) is 18.9 Å². The normalized spacial score (nSPS) is 24.5. The maximum absolute atomic E-state index is 12.9. The van der Waals surface area contributed by atoms with Gasteiger partial charge in [-0.1, -0.05) is 12.2 Å². The van der Waals surface area contributed by atoms with Gasteiger partial charge in [-0.25, -0.2) is 4.79 Å². The number of carbonyl (C=O) groups excluding carboxylic acids is 2. The van der Waals surface area contributed by atoms with Gasteiger partial charge < -0.3 is 18.9 Å². The highest BCUT2D eigenvalue weighted by atomic mass is 16.6. The summed E-state index contributed by atoms with van der Waals surface area (Å²) in [6.07, 6.45) is 7.79. The van der Waals surface area contributed by atoms with Gasteiger partial charge in [-0.3, -0.25) is 4.79 Å². The zero-order chi connectivity index (χ0) is 19.9. The molecule has 2 aliphatic rings. The van der Waals surface area contributed by atoms with Crippen LogP contribution in [0.4, 0.5) is 0 Å². The Morgan fingerprint density at radius 3 is 2.71 bits per heavy atom. The van der Waals surface area contributed by atoms with Gasteiger partial charge >= 0.3 is 5.97 Å². The van der Waals surface area contributed by atoms with Crippen molar-refractivity contribution in [1.29, 1.82) is 0 Å². The van der Waals surface area contributed by atoms with Crippen molar-refractivity contribution in [2.45, 2.75) is 57.7 Å². The zero-order valence-electron chi connectivity index (χ0n) is 16.6. The highest BCUT2D eigenvalue weighted by molar-refractivity contribution is 5.97. The molecule has 0 spiro atoms. The number of carbonyl (C=O) groups is 2. The Morgan fingerprint density at radius 1 is 1.18 bits per heavy atom. The number of hydrogen-bond acceptors (Lipinski definition) is 6. The van der Waals surface area contributed by atoms with Crippen molar-refractivity contribution in [3.63, 3.8) is 0 Å². The standard InChI is InChI=1S/C22H28O6/c1-15-7-6-10-17(23)9-5-3-4-8-16-11-18(26-13-19-14-27-19)12-20(25-2)21(16)22(24)28-15/h4,8,11-12,15,19H,3,5-7,9-10,13-14H2,1-2H3/b8-4+/t15-,19-/m0/s1. The fourth-order valence-corrected chi connectivity index (χ4v) is 3.20. The lowest BCUT2D eigenvalue weighted by atomic mass is 10.0. The van der Waals surface area contributed by atoms with E-state index in [0.29, 0.717) is 55.1 Å². The number of allylic oxidation sites excluding steroid dienone is 1. The van der Waals surface area contributed by atoms with Crippen molar-refractivity contribution in [2.24, 2.45) is 0 Å². The van der Waals surface area contributed by atoms with Gasteiger partial charge in [0.2, 0.25) is 0 Å². The first-order valence-corrected chi connectivity index (χ1v) is 9.92. The molecule has 152 valence electrons. The third-order valence-electron chi connectivity index (χ3n) is 4.87. The molecule has 0 aromatic heterocycles. The van der Waals surface area contributed by atoms with E-state index in [4.69, 9.17) is 18.9 Å². The van der Waals surface area contributed by atoms with E-state index in [-0.39, 0.29) is 18.0 Å². The molecule has 0 N–H and O–H groups in total. The summed E-state index contributed by atoms with van der Waals surface area (Å²) in [5.74, 6) is 0.884. The first kappa shape index (κ1) is 20.4. The first-order chi connectivity index (χ1) is 13.6. The van der Waals surface area contributed by atoms with Gasteiger partial charge in [0.25, 0.3) is 0 Å². The number of epoxide rings is 1. The second kappa shape index (κ2) is 9.73. The third kappa shape index (κ3) is 5.83. The number of hydrogen-bond donors (Lipinski definition) is 0. The summed E-state index contributed by atoms with van der Waals surface area (Å²) >= 11 is 0. The van der Waals surface area contributed by atoms with E-state index in [1.54, 1.807) is 6.07 Å². The second-order valence-corrected chi connectivity index (χ2v) is 7.30. The monoisotopic (exact) mass is 388 g/mol. The lowest BCUT2D eigenvalue weighted by Crippen LogP contribution is -2.17. The second-order valence-electron chi connectivity index (χ2n) is 7.30. The molecule has 1 aromatic carbocycles. The molecule has 6 nitrogen and oxygen atoms in total. The van der Waals surface area contributed by atoms with Crippen LogP contribution in [0.2, 0.25) is 0 Å². The molecule has 0 radical (unpaired) electrons. The predicted molar refractivity (Wildman–Crippen MR) is 105 cm³/mol. The van der Waals surface area contributed by atoms with Crippen molar-refractivity contribution in [2.75, 3.05) is 20.3 Å². The van der Waals surface area contributed by atoms with E-state index in [9.17, 15) is 9.59 Å². The van der Waals surface area contributed by atoms with Gasteiger partial charge in [-0.2, -0.15) is 0 Å². The number of Topliss-reactive ketones (excluding diaryl/α,β-unsaturated/α-hetero) is 1. The smallest absolute Gasteiger partial charge is 0.342 e. The lowest BCUT2D eigenvalue weighted by molar-refractivity contribution is -0.119. The van der Waals surface area contributed by atoms with Gasteiger partial charge in [-0.05, 0) is 44.2 Å². The summed E-state index contributed by atoms with van der Waals surface area (Å²) in [6.45, 7) is 3.03. The Kier molecular flexibility index (Phi) is 7.09. The number of ether oxygens (including phenoxy) is 4.